The fourth-order valence-corrected chi connectivity index (χ4v) is 3.77. The largest absolute Gasteiger partial charge is 0.463 e. The first-order valence-electron chi connectivity index (χ1n) is 10.8. The number of rotatable bonds is 8. The highest BCUT2D eigenvalue weighted by Gasteiger charge is 2.29. The molecular formula is C24H26F2N2O4. The Morgan fingerprint density at radius 1 is 0.906 bits per heavy atom. The van der Waals surface area contributed by atoms with E-state index < -0.39 is 30.4 Å². The Hall–Kier alpha value is -3.16. The fourth-order valence-electron chi connectivity index (χ4n) is 3.77. The Balaban J connectivity index is 1.39. The number of anilines is 2. The van der Waals surface area contributed by atoms with Crippen LogP contribution in [0.2, 0.25) is 0 Å². The molecule has 0 aliphatic carbocycles. The Morgan fingerprint density at radius 2 is 1.41 bits per heavy atom. The van der Waals surface area contributed by atoms with Crippen LogP contribution in [-0.2, 0) is 25.5 Å². The van der Waals surface area contributed by atoms with Gasteiger partial charge >= 0.3 is 11.9 Å². The molecule has 6 nitrogen and oxygen atoms in total. The molecule has 2 aromatic rings. The Kier molecular flexibility index (Phi) is 6.58. The Morgan fingerprint density at radius 3 is 1.88 bits per heavy atom. The van der Waals surface area contributed by atoms with E-state index in [2.05, 4.69) is 0 Å². The number of halogens is 2. The lowest BCUT2D eigenvalue weighted by atomic mass is 10.1. The molecule has 2 fully saturated rings. The van der Waals surface area contributed by atoms with E-state index in [1.807, 2.05) is 21.9 Å². The van der Waals surface area contributed by atoms with Crippen LogP contribution in [0.1, 0.15) is 24.2 Å². The smallest absolute Gasteiger partial charge is 0.352 e. The SMILES string of the molecule is CCOC(=O)C(OC(=O)Cc1ccc(N2CC(F)C2)cc1)c1ccc(N2CC(F)C2)cc1. The van der Waals surface area contributed by atoms with Crippen molar-refractivity contribution < 1.29 is 27.8 Å². The second kappa shape index (κ2) is 9.54. The molecule has 0 N–H and O–H groups in total. The topological polar surface area (TPSA) is 59.1 Å². The molecule has 0 saturated carbocycles. The van der Waals surface area contributed by atoms with Crippen molar-refractivity contribution in [3.8, 4) is 0 Å². The van der Waals surface area contributed by atoms with E-state index >= 15 is 0 Å². The maximum absolute atomic E-state index is 13.1. The number of carbonyl (C=O) groups is 2. The third-order valence-electron chi connectivity index (χ3n) is 5.63. The highest BCUT2D eigenvalue weighted by Crippen LogP contribution is 2.27. The van der Waals surface area contributed by atoms with Gasteiger partial charge in [-0.1, -0.05) is 24.3 Å². The predicted molar refractivity (Wildman–Crippen MR) is 116 cm³/mol. The number of benzene rings is 2. The molecule has 2 aliphatic heterocycles. The molecule has 8 heteroatoms. The van der Waals surface area contributed by atoms with Gasteiger partial charge in [0.05, 0.1) is 39.2 Å². The summed E-state index contributed by atoms with van der Waals surface area (Å²) < 4.78 is 36.7. The standard InChI is InChI=1S/C24H26F2N2O4/c1-2-31-24(30)23(17-5-9-21(10-6-17)28-14-19(26)15-28)32-22(29)11-16-3-7-20(8-4-16)27-12-18(25)13-27/h3-10,18-19,23H,2,11-15H2,1H3. The lowest BCUT2D eigenvalue weighted by molar-refractivity contribution is -0.167. The monoisotopic (exact) mass is 444 g/mol. The van der Waals surface area contributed by atoms with Crippen LogP contribution in [0.5, 0.6) is 0 Å². The fraction of sp³-hybridized carbons (Fsp3) is 0.417. The molecule has 1 atom stereocenters. The van der Waals surface area contributed by atoms with Gasteiger partial charge in [0.25, 0.3) is 0 Å². The second-order valence-corrected chi connectivity index (χ2v) is 8.06. The molecule has 32 heavy (non-hydrogen) atoms. The molecule has 2 heterocycles. The quantitative estimate of drug-likeness (QED) is 0.582. The first-order valence-corrected chi connectivity index (χ1v) is 10.8. The number of nitrogens with zero attached hydrogens (tertiary/aromatic N) is 2. The minimum Gasteiger partial charge on any atom is -0.463 e. The Bertz CT molecular complexity index is 939. The molecule has 1 unspecified atom stereocenters. The van der Waals surface area contributed by atoms with Crippen molar-refractivity contribution in [3.05, 3.63) is 59.7 Å². The summed E-state index contributed by atoms with van der Waals surface area (Å²) in [7, 11) is 0. The van der Waals surface area contributed by atoms with Crippen molar-refractivity contribution in [2.24, 2.45) is 0 Å². The zero-order valence-electron chi connectivity index (χ0n) is 17.9. The maximum Gasteiger partial charge on any atom is 0.352 e. The van der Waals surface area contributed by atoms with Crippen molar-refractivity contribution in [3.63, 3.8) is 0 Å². The van der Waals surface area contributed by atoms with Crippen molar-refractivity contribution in [2.45, 2.75) is 31.8 Å². The van der Waals surface area contributed by atoms with Gasteiger partial charge in [0.15, 0.2) is 0 Å². The Labute approximate surface area is 185 Å². The van der Waals surface area contributed by atoms with E-state index in [0.717, 1.165) is 16.9 Å². The van der Waals surface area contributed by atoms with Gasteiger partial charge in [-0.3, -0.25) is 4.79 Å². The van der Waals surface area contributed by atoms with Gasteiger partial charge in [-0.25, -0.2) is 13.6 Å². The van der Waals surface area contributed by atoms with Crippen molar-refractivity contribution >= 4 is 23.3 Å². The van der Waals surface area contributed by atoms with Crippen molar-refractivity contribution in [2.75, 3.05) is 42.6 Å². The third kappa shape index (κ3) is 5.00. The van der Waals surface area contributed by atoms with Crippen molar-refractivity contribution in [1.82, 2.24) is 0 Å². The van der Waals surface area contributed by atoms with Crippen molar-refractivity contribution in [1.29, 1.82) is 0 Å². The van der Waals surface area contributed by atoms with E-state index in [4.69, 9.17) is 9.47 Å². The third-order valence-corrected chi connectivity index (χ3v) is 5.63. The van der Waals surface area contributed by atoms with E-state index in [-0.39, 0.29) is 13.0 Å². The molecule has 2 aromatic carbocycles. The molecular weight excluding hydrogens is 418 g/mol. The summed E-state index contributed by atoms with van der Waals surface area (Å²) in [5.41, 5.74) is 2.97. The van der Waals surface area contributed by atoms with E-state index in [0.29, 0.717) is 31.7 Å². The molecule has 2 aliphatic rings. The van der Waals surface area contributed by atoms with E-state index in [9.17, 15) is 18.4 Å². The summed E-state index contributed by atoms with van der Waals surface area (Å²) >= 11 is 0. The van der Waals surface area contributed by atoms with Gasteiger partial charge in [-0.15, -0.1) is 0 Å². The first kappa shape index (κ1) is 22.0. The number of ether oxygens (including phenoxy) is 2. The maximum atomic E-state index is 13.1. The van der Waals surface area contributed by atoms with Crippen LogP contribution in [0.15, 0.2) is 48.5 Å². The van der Waals surface area contributed by atoms with Crippen LogP contribution in [0.25, 0.3) is 0 Å². The predicted octanol–water partition coefficient (Wildman–Crippen LogP) is 3.39. The van der Waals surface area contributed by atoms with Crippen LogP contribution in [-0.4, -0.2) is 57.1 Å². The molecule has 4 rings (SSSR count). The summed E-state index contributed by atoms with van der Waals surface area (Å²) in [6.45, 7) is 3.30. The normalized spacial score (nSPS) is 17.3. The van der Waals surface area contributed by atoms with Crippen LogP contribution < -0.4 is 9.80 Å². The molecule has 2 saturated heterocycles. The lowest BCUT2D eigenvalue weighted by Gasteiger charge is -2.36. The second-order valence-electron chi connectivity index (χ2n) is 8.06. The van der Waals surface area contributed by atoms with Gasteiger partial charge in [0, 0.05) is 16.9 Å². The summed E-state index contributed by atoms with van der Waals surface area (Å²) in [5, 5.41) is 0. The van der Waals surface area contributed by atoms with Gasteiger partial charge in [-0.05, 0) is 36.8 Å². The van der Waals surface area contributed by atoms with Crippen LogP contribution in [0, 0.1) is 0 Å². The van der Waals surface area contributed by atoms with Crippen LogP contribution in [0.3, 0.4) is 0 Å². The molecule has 0 spiro atoms. The van der Waals surface area contributed by atoms with Gasteiger partial charge < -0.3 is 19.3 Å². The zero-order chi connectivity index (χ0) is 22.7. The minimum atomic E-state index is -1.18. The zero-order valence-corrected chi connectivity index (χ0v) is 17.9. The van der Waals surface area contributed by atoms with Crippen LogP contribution >= 0.6 is 0 Å². The first-order chi connectivity index (χ1) is 15.4. The van der Waals surface area contributed by atoms with E-state index in [1.54, 1.807) is 43.3 Å². The van der Waals surface area contributed by atoms with Gasteiger partial charge in [0.1, 0.15) is 12.3 Å². The summed E-state index contributed by atoms with van der Waals surface area (Å²) in [4.78, 5) is 28.8. The molecule has 0 aromatic heterocycles. The number of alkyl halides is 2. The summed E-state index contributed by atoms with van der Waals surface area (Å²) in [6, 6.07) is 14.2. The highest BCUT2D eigenvalue weighted by atomic mass is 19.1. The minimum absolute atomic E-state index is 0.00826. The number of carbonyl (C=O) groups excluding carboxylic acids is 2. The van der Waals surface area contributed by atoms with Gasteiger partial charge in [-0.2, -0.15) is 0 Å². The van der Waals surface area contributed by atoms with E-state index in [1.165, 1.54) is 0 Å². The van der Waals surface area contributed by atoms with Gasteiger partial charge in [0.2, 0.25) is 6.10 Å². The molecule has 170 valence electrons. The molecule has 0 radical (unpaired) electrons. The average molecular weight is 444 g/mol. The number of hydrogen-bond acceptors (Lipinski definition) is 6. The lowest BCUT2D eigenvalue weighted by Crippen LogP contribution is -2.48. The molecule has 0 bridgehead atoms. The van der Waals surface area contributed by atoms with Crippen LogP contribution in [0.4, 0.5) is 20.2 Å². The molecule has 0 amide bonds. The summed E-state index contributed by atoms with van der Waals surface area (Å²) in [6.07, 6.45) is -2.79. The summed E-state index contributed by atoms with van der Waals surface area (Å²) in [5.74, 6) is -1.20. The average Bonchev–Trinajstić information content (AvgIpc) is 2.74. The number of esters is 2. The number of hydrogen-bond donors (Lipinski definition) is 0. The highest BCUT2D eigenvalue weighted by molar-refractivity contribution is 5.82.